The minimum absolute atomic E-state index is 0.0514. The second kappa shape index (κ2) is 10.9. The lowest BCUT2D eigenvalue weighted by Gasteiger charge is -2.38. The summed E-state index contributed by atoms with van der Waals surface area (Å²) in [6.07, 6.45) is 9.16. The van der Waals surface area contributed by atoms with Gasteiger partial charge in [-0.3, -0.25) is 19.1 Å². The van der Waals surface area contributed by atoms with Crippen molar-refractivity contribution >= 4 is 29.1 Å². The average Bonchev–Trinajstić information content (AvgIpc) is 3.44. The van der Waals surface area contributed by atoms with Gasteiger partial charge in [0.05, 0.1) is 29.7 Å². The summed E-state index contributed by atoms with van der Waals surface area (Å²) < 4.78 is 16.2. The Morgan fingerprint density at radius 3 is 2.44 bits per heavy atom. The van der Waals surface area contributed by atoms with E-state index in [1.165, 1.54) is 41.4 Å². The van der Waals surface area contributed by atoms with Gasteiger partial charge in [0.1, 0.15) is 17.5 Å². The van der Waals surface area contributed by atoms with Crippen molar-refractivity contribution < 1.29 is 14.3 Å². The van der Waals surface area contributed by atoms with Gasteiger partial charge in [-0.25, -0.2) is 14.1 Å². The molecule has 1 aliphatic heterocycles. The van der Waals surface area contributed by atoms with Crippen molar-refractivity contribution in [3.05, 3.63) is 118 Å². The molecule has 0 saturated carbocycles. The van der Waals surface area contributed by atoms with Crippen molar-refractivity contribution in [2.45, 2.75) is 25.0 Å². The summed E-state index contributed by atoms with van der Waals surface area (Å²) in [5.41, 5.74) is 1.97. The number of aromatic nitrogens is 5. The first-order valence-corrected chi connectivity index (χ1v) is 13.3. The van der Waals surface area contributed by atoms with E-state index in [1.807, 2.05) is 54.6 Å². The van der Waals surface area contributed by atoms with Crippen molar-refractivity contribution in [3.8, 4) is 5.69 Å². The van der Waals surface area contributed by atoms with Gasteiger partial charge in [0, 0.05) is 24.8 Å². The van der Waals surface area contributed by atoms with E-state index in [-0.39, 0.29) is 18.0 Å². The predicted octanol–water partition coefficient (Wildman–Crippen LogP) is 3.95. The van der Waals surface area contributed by atoms with E-state index < -0.39 is 11.4 Å². The number of carbonyl (C=O) groups is 1. The fourth-order valence-corrected chi connectivity index (χ4v) is 5.01. The fourth-order valence-electron chi connectivity index (χ4n) is 5.01. The standard InChI is InChI=1S/C31H27FN6O3/c32-24-9-7-23(8-10-24)29(39)36-17-14-31(41,15-18-36)20-37-21-34-28-27(30(37)40)19-35-38(28)26-12-5-22(6-13-26)4-11-25-3-1-2-16-33-25/h1-13,16,19,21,41H,14-15,17-18,20H2/b11-4+. The third kappa shape index (κ3) is 5.55. The Kier molecular flexibility index (Phi) is 6.98. The van der Waals surface area contributed by atoms with E-state index in [0.29, 0.717) is 42.5 Å². The molecule has 1 fully saturated rings. The lowest BCUT2D eigenvalue weighted by atomic mass is 9.91. The third-order valence-corrected chi connectivity index (χ3v) is 7.36. The summed E-state index contributed by atoms with van der Waals surface area (Å²) in [4.78, 5) is 36.5. The number of hydrogen-bond donors (Lipinski definition) is 1. The van der Waals surface area contributed by atoms with Crippen molar-refractivity contribution in [2.75, 3.05) is 13.1 Å². The van der Waals surface area contributed by atoms with Crippen LogP contribution in [0.15, 0.2) is 90.2 Å². The zero-order valence-electron chi connectivity index (χ0n) is 22.1. The summed E-state index contributed by atoms with van der Waals surface area (Å²) in [6.45, 7) is 0.694. The Bertz CT molecular complexity index is 1770. The maximum Gasteiger partial charge on any atom is 0.264 e. The van der Waals surface area contributed by atoms with E-state index in [1.54, 1.807) is 15.8 Å². The number of piperidine rings is 1. The van der Waals surface area contributed by atoms with Gasteiger partial charge in [-0.2, -0.15) is 5.10 Å². The van der Waals surface area contributed by atoms with Gasteiger partial charge in [-0.15, -0.1) is 0 Å². The molecule has 1 saturated heterocycles. The van der Waals surface area contributed by atoms with Gasteiger partial charge in [0.25, 0.3) is 11.5 Å². The Morgan fingerprint density at radius 1 is 0.976 bits per heavy atom. The number of likely N-dealkylation sites (tertiary alicyclic amines) is 1. The monoisotopic (exact) mass is 550 g/mol. The van der Waals surface area contributed by atoms with E-state index >= 15 is 0 Å². The number of pyridine rings is 1. The Labute approximate surface area is 234 Å². The van der Waals surface area contributed by atoms with E-state index in [9.17, 15) is 19.1 Å². The largest absolute Gasteiger partial charge is 0.388 e. The SMILES string of the molecule is O=C(c1ccc(F)cc1)N1CCC(O)(Cn2cnc3c(cnn3-c3ccc(/C=C/c4ccccn4)cc3)c2=O)CC1. The van der Waals surface area contributed by atoms with Crippen molar-refractivity contribution in [1.82, 2.24) is 29.2 Å². The molecule has 41 heavy (non-hydrogen) atoms. The highest BCUT2D eigenvalue weighted by atomic mass is 19.1. The summed E-state index contributed by atoms with van der Waals surface area (Å²) >= 11 is 0. The van der Waals surface area contributed by atoms with Gasteiger partial charge in [-0.05, 0) is 73.0 Å². The quantitative estimate of drug-likeness (QED) is 0.343. The molecule has 0 radical (unpaired) electrons. The van der Waals surface area contributed by atoms with Gasteiger partial charge in [0.2, 0.25) is 0 Å². The molecule has 206 valence electrons. The van der Waals surface area contributed by atoms with Crippen LogP contribution >= 0.6 is 0 Å². The molecule has 9 nitrogen and oxygen atoms in total. The van der Waals surface area contributed by atoms with Crippen molar-refractivity contribution in [1.29, 1.82) is 0 Å². The maximum absolute atomic E-state index is 13.3. The van der Waals surface area contributed by atoms with E-state index in [0.717, 1.165) is 16.9 Å². The number of hydrogen-bond acceptors (Lipinski definition) is 6. The van der Waals surface area contributed by atoms with Crippen molar-refractivity contribution in [3.63, 3.8) is 0 Å². The zero-order chi connectivity index (χ0) is 28.4. The molecule has 4 heterocycles. The summed E-state index contributed by atoms with van der Waals surface area (Å²) in [6, 6.07) is 18.9. The molecule has 5 aromatic rings. The number of carbonyl (C=O) groups excluding carboxylic acids is 1. The van der Waals surface area contributed by atoms with Crippen LogP contribution in [0.5, 0.6) is 0 Å². The van der Waals surface area contributed by atoms with Gasteiger partial charge in [-0.1, -0.05) is 24.3 Å². The van der Waals surface area contributed by atoms with Crippen molar-refractivity contribution in [2.24, 2.45) is 0 Å². The molecular weight excluding hydrogens is 523 g/mol. The van der Waals surface area contributed by atoms with Crippen LogP contribution in [0.4, 0.5) is 4.39 Å². The van der Waals surface area contributed by atoms with Crippen LogP contribution in [0.25, 0.3) is 28.9 Å². The highest BCUT2D eigenvalue weighted by Crippen LogP contribution is 2.25. The molecule has 0 spiro atoms. The van der Waals surface area contributed by atoms with E-state index in [2.05, 4.69) is 15.1 Å². The first kappa shape index (κ1) is 26.3. The van der Waals surface area contributed by atoms with Crippen LogP contribution in [0, 0.1) is 5.82 Å². The smallest absolute Gasteiger partial charge is 0.264 e. The Hall–Kier alpha value is -4.96. The normalized spacial score (nSPS) is 15.0. The minimum Gasteiger partial charge on any atom is -0.388 e. The highest BCUT2D eigenvalue weighted by molar-refractivity contribution is 5.94. The molecule has 1 amide bonds. The molecule has 0 atom stereocenters. The molecule has 0 bridgehead atoms. The number of rotatable bonds is 6. The molecule has 3 aromatic heterocycles. The van der Waals surface area contributed by atoms with Crippen LogP contribution in [0.3, 0.4) is 0 Å². The second-order valence-corrected chi connectivity index (χ2v) is 10.2. The zero-order valence-corrected chi connectivity index (χ0v) is 22.1. The first-order chi connectivity index (χ1) is 19.9. The number of benzene rings is 2. The molecule has 2 aromatic carbocycles. The topological polar surface area (TPSA) is 106 Å². The van der Waals surface area contributed by atoms with Crippen LogP contribution < -0.4 is 5.56 Å². The van der Waals surface area contributed by atoms with Crippen LogP contribution in [-0.2, 0) is 6.54 Å². The second-order valence-electron chi connectivity index (χ2n) is 10.2. The molecule has 0 unspecified atom stereocenters. The molecule has 1 N–H and O–H groups in total. The number of aliphatic hydroxyl groups is 1. The molecule has 10 heteroatoms. The van der Waals surface area contributed by atoms with Gasteiger partial charge < -0.3 is 10.0 Å². The van der Waals surface area contributed by atoms with Crippen LogP contribution in [-0.4, -0.2) is 58.9 Å². The lowest BCUT2D eigenvalue weighted by Crippen LogP contribution is -2.49. The minimum atomic E-state index is -1.17. The maximum atomic E-state index is 13.3. The summed E-state index contributed by atoms with van der Waals surface area (Å²) in [7, 11) is 0. The average molecular weight is 551 g/mol. The third-order valence-electron chi connectivity index (χ3n) is 7.36. The fraction of sp³-hybridized carbons (Fsp3) is 0.194. The number of halogens is 1. The Balaban J connectivity index is 1.14. The van der Waals surface area contributed by atoms with E-state index in [4.69, 9.17) is 0 Å². The molecular formula is C31H27FN6O3. The molecule has 1 aliphatic rings. The predicted molar refractivity (Wildman–Crippen MR) is 153 cm³/mol. The van der Waals surface area contributed by atoms with Gasteiger partial charge >= 0.3 is 0 Å². The molecule has 6 rings (SSSR count). The Morgan fingerprint density at radius 2 is 1.73 bits per heavy atom. The number of nitrogens with zero attached hydrogens (tertiary/aromatic N) is 6. The number of fused-ring (bicyclic) bond motifs is 1. The van der Waals surface area contributed by atoms with Crippen LogP contribution in [0.2, 0.25) is 0 Å². The first-order valence-electron chi connectivity index (χ1n) is 13.3. The number of amides is 1. The summed E-state index contributed by atoms with van der Waals surface area (Å²) in [5.74, 6) is -0.615. The molecule has 0 aliphatic carbocycles. The summed E-state index contributed by atoms with van der Waals surface area (Å²) in [5, 5.41) is 16.0. The lowest BCUT2D eigenvalue weighted by molar-refractivity contribution is -0.0299. The van der Waals surface area contributed by atoms with Gasteiger partial charge in [0.15, 0.2) is 5.65 Å². The highest BCUT2D eigenvalue weighted by Gasteiger charge is 2.35. The van der Waals surface area contributed by atoms with Crippen LogP contribution in [0.1, 0.15) is 34.5 Å².